The monoisotopic (exact) mass is 437 g/mol. The summed E-state index contributed by atoms with van der Waals surface area (Å²) in [6.45, 7) is 4.36. The van der Waals surface area contributed by atoms with Gasteiger partial charge in [-0.2, -0.15) is 0 Å². The topological polar surface area (TPSA) is 90.3 Å². The van der Waals surface area contributed by atoms with E-state index in [1.807, 2.05) is 30.3 Å². The maximum absolute atomic E-state index is 13.2. The second-order valence-corrected chi connectivity index (χ2v) is 7.63. The van der Waals surface area contributed by atoms with E-state index < -0.39 is 5.97 Å². The third-order valence-electron chi connectivity index (χ3n) is 4.58. The minimum atomic E-state index is -0.505. The molecule has 0 fully saturated rings. The predicted molar refractivity (Wildman–Crippen MR) is 121 cm³/mol. The second-order valence-electron chi connectivity index (χ2n) is 6.69. The lowest BCUT2D eigenvalue weighted by Gasteiger charge is -2.13. The number of nitrogens with one attached hydrogen (secondary N) is 1. The molecule has 0 spiro atoms. The van der Waals surface area contributed by atoms with Crippen LogP contribution < -0.4 is 10.9 Å². The number of nitrogens with zero attached hydrogens (tertiary/aromatic N) is 2. The number of benzene rings is 2. The molecule has 0 unspecified atom stereocenters. The molecule has 0 atom stereocenters. The number of rotatable bonds is 9. The number of thioether (sulfide) groups is 1. The number of hydrogen-bond acceptors (Lipinski definition) is 6. The van der Waals surface area contributed by atoms with E-state index in [1.165, 1.54) is 24.9 Å². The van der Waals surface area contributed by atoms with Gasteiger partial charge in [0.1, 0.15) is 0 Å². The number of carbonyl (C=O) groups excluding carboxylic acids is 2. The Balaban J connectivity index is 1.97. The summed E-state index contributed by atoms with van der Waals surface area (Å²) in [5.74, 6) is -0.583. The van der Waals surface area contributed by atoms with Crippen LogP contribution in [0.1, 0.15) is 15.9 Å². The minimum absolute atomic E-state index is 0.105. The van der Waals surface area contributed by atoms with E-state index >= 15 is 0 Å². The molecule has 0 saturated carbocycles. The number of carbonyl (C=O) groups is 2. The summed E-state index contributed by atoms with van der Waals surface area (Å²) in [5.41, 5.74) is 1.57. The van der Waals surface area contributed by atoms with Crippen LogP contribution in [0.5, 0.6) is 0 Å². The van der Waals surface area contributed by atoms with E-state index in [0.717, 1.165) is 5.56 Å². The molecule has 7 nitrogen and oxygen atoms in total. The molecule has 3 aromatic rings. The zero-order chi connectivity index (χ0) is 22.2. The lowest BCUT2D eigenvalue weighted by molar-refractivity contribution is -0.118. The van der Waals surface area contributed by atoms with Crippen molar-refractivity contribution < 1.29 is 14.3 Å². The van der Waals surface area contributed by atoms with Crippen molar-refractivity contribution >= 4 is 34.5 Å². The largest absolute Gasteiger partial charge is 0.465 e. The van der Waals surface area contributed by atoms with Crippen LogP contribution in [0.15, 0.2) is 71.1 Å². The summed E-state index contributed by atoms with van der Waals surface area (Å²) in [6.07, 6.45) is 2.24. The van der Waals surface area contributed by atoms with Gasteiger partial charge in [-0.3, -0.25) is 14.2 Å². The highest BCUT2D eigenvalue weighted by molar-refractivity contribution is 7.99. The summed E-state index contributed by atoms with van der Waals surface area (Å²) in [4.78, 5) is 41.7. The van der Waals surface area contributed by atoms with Gasteiger partial charge in [0, 0.05) is 13.1 Å². The molecule has 3 rings (SSSR count). The molecule has 0 bridgehead atoms. The third-order valence-corrected chi connectivity index (χ3v) is 5.56. The molecule has 1 amide bonds. The van der Waals surface area contributed by atoms with Crippen LogP contribution in [-0.2, 0) is 22.5 Å². The first-order valence-corrected chi connectivity index (χ1v) is 10.7. The van der Waals surface area contributed by atoms with E-state index in [2.05, 4.69) is 16.9 Å². The van der Waals surface area contributed by atoms with Crippen molar-refractivity contribution in [2.75, 3.05) is 19.4 Å². The van der Waals surface area contributed by atoms with E-state index in [0.29, 0.717) is 41.1 Å². The lowest BCUT2D eigenvalue weighted by atomic mass is 10.1. The summed E-state index contributed by atoms with van der Waals surface area (Å²) >= 11 is 1.18. The Morgan fingerprint density at radius 3 is 2.71 bits per heavy atom. The molecule has 1 aromatic heterocycles. The summed E-state index contributed by atoms with van der Waals surface area (Å²) < 4.78 is 6.34. The minimum Gasteiger partial charge on any atom is -0.465 e. The fraction of sp³-hybridized carbons (Fsp3) is 0.217. The molecule has 0 radical (unpaired) electrons. The standard InChI is InChI=1S/C23H23N3O4S/c1-3-12-24-20(27)15-31-23-25-19-14-17(22(29)30-2)9-10-18(19)21(28)26(23)13-11-16-7-5-4-6-8-16/h3-10,14H,1,11-13,15H2,2H3,(H,24,27). The molecule has 1 heterocycles. The fourth-order valence-electron chi connectivity index (χ4n) is 3.01. The van der Waals surface area contributed by atoms with Gasteiger partial charge in [-0.05, 0) is 30.2 Å². The summed E-state index contributed by atoms with van der Waals surface area (Å²) in [5, 5.41) is 3.53. The molecular formula is C23H23N3O4S. The average molecular weight is 438 g/mol. The number of methoxy groups -OCH3 is 1. The van der Waals surface area contributed by atoms with Crippen molar-refractivity contribution in [1.82, 2.24) is 14.9 Å². The van der Waals surface area contributed by atoms with Gasteiger partial charge in [0.15, 0.2) is 5.16 Å². The Labute approximate surface area is 184 Å². The molecular weight excluding hydrogens is 414 g/mol. The van der Waals surface area contributed by atoms with Crippen LogP contribution in [0.3, 0.4) is 0 Å². The van der Waals surface area contributed by atoms with E-state index in [-0.39, 0.29) is 17.2 Å². The average Bonchev–Trinajstić information content (AvgIpc) is 2.80. The van der Waals surface area contributed by atoms with E-state index in [9.17, 15) is 14.4 Å². The van der Waals surface area contributed by atoms with Gasteiger partial charge in [0.05, 0.1) is 29.3 Å². The number of fused-ring (bicyclic) bond motifs is 1. The van der Waals surface area contributed by atoms with E-state index in [1.54, 1.807) is 22.8 Å². The molecule has 8 heteroatoms. The molecule has 160 valence electrons. The molecule has 31 heavy (non-hydrogen) atoms. The SMILES string of the molecule is C=CCNC(=O)CSc1nc2cc(C(=O)OC)ccc2c(=O)n1CCc1ccccc1. The summed E-state index contributed by atoms with van der Waals surface area (Å²) in [7, 11) is 1.30. The van der Waals surface area contributed by atoms with Crippen molar-refractivity contribution in [2.45, 2.75) is 18.1 Å². The number of aromatic nitrogens is 2. The van der Waals surface area contributed by atoms with Crippen molar-refractivity contribution in [3.63, 3.8) is 0 Å². The number of amides is 1. The van der Waals surface area contributed by atoms with Gasteiger partial charge >= 0.3 is 5.97 Å². The highest BCUT2D eigenvalue weighted by Gasteiger charge is 2.15. The number of aryl methyl sites for hydroxylation is 1. The fourth-order valence-corrected chi connectivity index (χ4v) is 3.86. The van der Waals surface area contributed by atoms with Crippen LogP contribution >= 0.6 is 11.8 Å². The molecule has 0 aliphatic carbocycles. The van der Waals surface area contributed by atoms with Crippen LogP contribution in [-0.4, -0.2) is 40.8 Å². The highest BCUT2D eigenvalue weighted by atomic mass is 32.2. The molecule has 0 saturated heterocycles. The highest BCUT2D eigenvalue weighted by Crippen LogP contribution is 2.20. The van der Waals surface area contributed by atoms with Crippen molar-refractivity contribution in [2.24, 2.45) is 0 Å². The first-order valence-electron chi connectivity index (χ1n) is 9.70. The first kappa shape index (κ1) is 22.3. The lowest BCUT2D eigenvalue weighted by Crippen LogP contribution is -2.27. The van der Waals surface area contributed by atoms with Crippen LogP contribution in [0.2, 0.25) is 0 Å². The maximum Gasteiger partial charge on any atom is 0.337 e. The van der Waals surface area contributed by atoms with E-state index in [4.69, 9.17) is 4.74 Å². The Hall–Kier alpha value is -3.39. The Bertz CT molecular complexity index is 1160. The zero-order valence-electron chi connectivity index (χ0n) is 17.2. The summed E-state index contributed by atoms with van der Waals surface area (Å²) in [6, 6.07) is 14.5. The molecule has 0 aliphatic heterocycles. The van der Waals surface area contributed by atoms with Gasteiger partial charge in [0.25, 0.3) is 5.56 Å². The molecule has 0 aliphatic rings. The zero-order valence-corrected chi connectivity index (χ0v) is 18.0. The van der Waals surface area contributed by atoms with Gasteiger partial charge in [0.2, 0.25) is 5.91 Å². The third kappa shape index (κ3) is 5.61. The smallest absolute Gasteiger partial charge is 0.337 e. The first-order chi connectivity index (χ1) is 15.0. The van der Waals surface area contributed by atoms with Crippen molar-refractivity contribution in [3.05, 3.63) is 82.7 Å². The van der Waals surface area contributed by atoms with Crippen molar-refractivity contribution in [1.29, 1.82) is 0 Å². The molecule has 1 N–H and O–H groups in total. The predicted octanol–water partition coefficient (Wildman–Crippen LogP) is 2.82. The van der Waals surface area contributed by atoms with Gasteiger partial charge in [-0.25, -0.2) is 9.78 Å². The number of hydrogen-bond donors (Lipinski definition) is 1. The maximum atomic E-state index is 13.2. The van der Waals surface area contributed by atoms with Gasteiger partial charge in [-0.1, -0.05) is 48.2 Å². The van der Waals surface area contributed by atoms with Crippen LogP contribution in [0, 0.1) is 0 Å². The number of ether oxygens (including phenoxy) is 1. The quantitative estimate of drug-likeness (QED) is 0.240. The number of esters is 1. The van der Waals surface area contributed by atoms with Crippen LogP contribution in [0.4, 0.5) is 0 Å². The Morgan fingerprint density at radius 1 is 1.23 bits per heavy atom. The van der Waals surface area contributed by atoms with Crippen LogP contribution in [0.25, 0.3) is 10.9 Å². The second kappa shape index (κ2) is 10.6. The molecule has 2 aromatic carbocycles. The Kier molecular flexibility index (Phi) is 7.61. The van der Waals surface area contributed by atoms with Gasteiger partial charge < -0.3 is 10.1 Å². The van der Waals surface area contributed by atoms with Crippen molar-refractivity contribution in [3.8, 4) is 0 Å². The Morgan fingerprint density at radius 2 is 2.00 bits per heavy atom. The van der Waals surface area contributed by atoms with Gasteiger partial charge in [-0.15, -0.1) is 6.58 Å². The normalized spacial score (nSPS) is 10.6.